The molecular weight excluding hydrogens is 216 g/mol. The molecule has 0 saturated carbocycles. The van der Waals surface area contributed by atoms with Gasteiger partial charge >= 0.3 is 0 Å². The number of nitrogens with two attached hydrogens (primary N) is 1. The molecule has 1 aromatic rings. The first-order chi connectivity index (χ1) is 7.92. The molecule has 0 radical (unpaired) electrons. The van der Waals surface area contributed by atoms with Crippen molar-refractivity contribution in [1.29, 1.82) is 0 Å². The highest BCUT2D eigenvalue weighted by atomic mass is 16.3. The number of carbonyl (C=O) groups excluding carboxylic acids is 1. The van der Waals surface area contributed by atoms with E-state index in [9.17, 15) is 9.90 Å². The zero-order valence-electron chi connectivity index (χ0n) is 10.6. The first kappa shape index (κ1) is 13.5. The monoisotopic (exact) mass is 236 g/mol. The van der Waals surface area contributed by atoms with Crippen LogP contribution in [0.1, 0.15) is 32.3 Å². The average Bonchev–Trinajstić information content (AvgIpc) is 2.32. The van der Waals surface area contributed by atoms with Gasteiger partial charge in [0.05, 0.1) is 5.54 Å². The quantitative estimate of drug-likeness (QED) is 0.701. The van der Waals surface area contributed by atoms with Gasteiger partial charge in [0, 0.05) is 5.69 Å². The number of amides is 1. The second kappa shape index (κ2) is 5.19. The van der Waals surface area contributed by atoms with Gasteiger partial charge in [0.25, 0.3) is 0 Å². The number of hydrogen-bond donors (Lipinski definition) is 3. The zero-order chi connectivity index (χ0) is 13.1. The van der Waals surface area contributed by atoms with Crippen molar-refractivity contribution in [3.8, 4) is 5.75 Å². The van der Waals surface area contributed by atoms with Crippen LogP contribution < -0.4 is 11.1 Å². The molecule has 4 nitrogen and oxygen atoms in total. The van der Waals surface area contributed by atoms with Gasteiger partial charge in [-0.25, -0.2) is 0 Å². The minimum atomic E-state index is -0.828. The van der Waals surface area contributed by atoms with E-state index in [1.54, 1.807) is 25.1 Å². The average molecular weight is 236 g/mol. The molecule has 0 aliphatic rings. The number of hydrogen-bond acceptors (Lipinski definition) is 3. The summed E-state index contributed by atoms with van der Waals surface area (Å²) in [5.74, 6) is 0.0283. The Kier molecular flexibility index (Phi) is 4.12. The molecule has 0 atom stereocenters. The summed E-state index contributed by atoms with van der Waals surface area (Å²) in [4.78, 5) is 12.0. The van der Waals surface area contributed by atoms with E-state index in [0.29, 0.717) is 18.5 Å². The zero-order valence-corrected chi connectivity index (χ0v) is 10.6. The Morgan fingerprint density at radius 2 is 2.00 bits per heavy atom. The fourth-order valence-corrected chi connectivity index (χ4v) is 1.56. The van der Waals surface area contributed by atoms with E-state index in [1.807, 2.05) is 13.8 Å². The highest BCUT2D eigenvalue weighted by molar-refractivity contribution is 5.98. The smallest absolute Gasteiger partial charge is 0.244 e. The summed E-state index contributed by atoms with van der Waals surface area (Å²) in [6, 6.07) is 4.94. The van der Waals surface area contributed by atoms with Crippen LogP contribution in [0.4, 0.5) is 5.69 Å². The summed E-state index contributed by atoms with van der Waals surface area (Å²) in [5.41, 5.74) is 6.54. The molecule has 0 saturated heterocycles. The molecular formula is C13H20N2O2. The molecule has 1 aromatic carbocycles. The topological polar surface area (TPSA) is 75.4 Å². The molecule has 0 fully saturated rings. The Hall–Kier alpha value is -1.55. The standard InChI is InChI=1S/C13H20N2O2/c1-4-13(14,5-2)12(17)15-10-6-7-11(16)9(3)8-10/h6-8,16H,4-5,14H2,1-3H3,(H,15,17). The molecule has 17 heavy (non-hydrogen) atoms. The van der Waals surface area contributed by atoms with Crippen LogP contribution in [0.3, 0.4) is 0 Å². The first-order valence-corrected chi connectivity index (χ1v) is 5.83. The maximum atomic E-state index is 12.0. The van der Waals surface area contributed by atoms with Crippen molar-refractivity contribution in [2.24, 2.45) is 5.73 Å². The number of aryl methyl sites for hydroxylation is 1. The largest absolute Gasteiger partial charge is 0.508 e. The molecule has 0 aliphatic carbocycles. The van der Waals surface area contributed by atoms with Crippen LogP contribution in [0.25, 0.3) is 0 Å². The van der Waals surface area contributed by atoms with Crippen molar-refractivity contribution < 1.29 is 9.90 Å². The van der Waals surface area contributed by atoms with Gasteiger partial charge < -0.3 is 16.2 Å². The third-order valence-electron chi connectivity index (χ3n) is 3.17. The lowest BCUT2D eigenvalue weighted by Crippen LogP contribution is -2.50. The van der Waals surface area contributed by atoms with Crippen molar-refractivity contribution in [2.45, 2.75) is 39.2 Å². The predicted molar refractivity (Wildman–Crippen MR) is 69.0 cm³/mol. The van der Waals surface area contributed by atoms with E-state index in [-0.39, 0.29) is 11.7 Å². The van der Waals surface area contributed by atoms with Crippen molar-refractivity contribution in [3.63, 3.8) is 0 Å². The van der Waals surface area contributed by atoms with Crippen LogP contribution in [0, 0.1) is 6.92 Å². The first-order valence-electron chi connectivity index (χ1n) is 5.83. The van der Waals surface area contributed by atoms with E-state index in [1.165, 1.54) is 0 Å². The Morgan fingerprint density at radius 1 is 1.41 bits per heavy atom. The number of phenols is 1. The van der Waals surface area contributed by atoms with E-state index in [4.69, 9.17) is 5.73 Å². The molecule has 0 heterocycles. The lowest BCUT2D eigenvalue weighted by Gasteiger charge is -2.25. The molecule has 4 heteroatoms. The van der Waals surface area contributed by atoms with Gasteiger partial charge in [-0.05, 0) is 43.5 Å². The number of anilines is 1. The van der Waals surface area contributed by atoms with Crippen LogP contribution in [0.2, 0.25) is 0 Å². The van der Waals surface area contributed by atoms with E-state index >= 15 is 0 Å². The third kappa shape index (κ3) is 2.97. The summed E-state index contributed by atoms with van der Waals surface area (Å²) < 4.78 is 0. The van der Waals surface area contributed by atoms with Gasteiger partial charge in [0.1, 0.15) is 5.75 Å². The Labute approximate surface area is 102 Å². The molecule has 1 rings (SSSR count). The summed E-state index contributed by atoms with van der Waals surface area (Å²) >= 11 is 0. The van der Waals surface area contributed by atoms with E-state index in [2.05, 4.69) is 5.32 Å². The lowest BCUT2D eigenvalue weighted by atomic mass is 9.93. The van der Waals surface area contributed by atoms with Crippen LogP contribution in [-0.2, 0) is 4.79 Å². The normalized spacial score (nSPS) is 11.3. The second-order valence-corrected chi connectivity index (χ2v) is 4.32. The molecule has 0 spiro atoms. The van der Waals surface area contributed by atoms with Gasteiger partial charge in [0.2, 0.25) is 5.91 Å². The van der Waals surface area contributed by atoms with Crippen LogP contribution >= 0.6 is 0 Å². The van der Waals surface area contributed by atoms with Crippen LogP contribution in [-0.4, -0.2) is 16.6 Å². The minimum Gasteiger partial charge on any atom is -0.508 e. The molecule has 1 amide bonds. The third-order valence-corrected chi connectivity index (χ3v) is 3.17. The second-order valence-electron chi connectivity index (χ2n) is 4.32. The molecule has 0 aliphatic heterocycles. The van der Waals surface area contributed by atoms with Crippen molar-refractivity contribution in [3.05, 3.63) is 23.8 Å². The molecule has 94 valence electrons. The van der Waals surface area contributed by atoms with Gasteiger partial charge in [-0.15, -0.1) is 0 Å². The SMILES string of the molecule is CCC(N)(CC)C(=O)Nc1ccc(O)c(C)c1. The fourth-order valence-electron chi connectivity index (χ4n) is 1.56. The Bertz CT molecular complexity index is 412. The minimum absolute atomic E-state index is 0.187. The number of rotatable bonds is 4. The fraction of sp³-hybridized carbons (Fsp3) is 0.462. The summed E-state index contributed by atoms with van der Waals surface area (Å²) in [6.07, 6.45) is 1.18. The number of phenolic OH excluding ortho intramolecular Hbond substituents is 1. The Morgan fingerprint density at radius 3 is 2.47 bits per heavy atom. The Balaban J connectivity index is 2.84. The molecule has 0 aromatic heterocycles. The number of benzene rings is 1. The number of nitrogens with one attached hydrogen (secondary N) is 1. The van der Waals surface area contributed by atoms with Crippen molar-refractivity contribution in [1.82, 2.24) is 0 Å². The van der Waals surface area contributed by atoms with Crippen LogP contribution in [0.15, 0.2) is 18.2 Å². The summed E-state index contributed by atoms with van der Waals surface area (Å²) in [5, 5.41) is 12.2. The van der Waals surface area contributed by atoms with Crippen molar-refractivity contribution in [2.75, 3.05) is 5.32 Å². The molecule has 0 unspecified atom stereocenters. The maximum absolute atomic E-state index is 12.0. The lowest BCUT2D eigenvalue weighted by molar-refractivity contribution is -0.121. The predicted octanol–water partition coefficient (Wildman–Crippen LogP) is 2.16. The summed E-state index contributed by atoms with van der Waals surface area (Å²) in [7, 11) is 0. The van der Waals surface area contributed by atoms with Gasteiger partial charge in [-0.2, -0.15) is 0 Å². The van der Waals surface area contributed by atoms with Crippen molar-refractivity contribution >= 4 is 11.6 Å². The maximum Gasteiger partial charge on any atom is 0.244 e. The molecule has 4 N–H and O–H groups in total. The number of aromatic hydroxyl groups is 1. The van der Waals surface area contributed by atoms with Gasteiger partial charge in [0.15, 0.2) is 0 Å². The number of carbonyl (C=O) groups is 1. The van der Waals surface area contributed by atoms with E-state index in [0.717, 1.165) is 5.56 Å². The van der Waals surface area contributed by atoms with E-state index < -0.39 is 5.54 Å². The van der Waals surface area contributed by atoms with Crippen LogP contribution in [0.5, 0.6) is 5.75 Å². The highest BCUT2D eigenvalue weighted by Gasteiger charge is 2.29. The highest BCUT2D eigenvalue weighted by Crippen LogP contribution is 2.21. The van der Waals surface area contributed by atoms with Gasteiger partial charge in [-0.1, -0.05) is 13.8 Å². The molecule has 0 bridgehead atoms. The summed E-state index contributed by atoms with van der Waals surface area (Å²) in [6.45, 7) is 5.57. The van der Waals surface area contributed by atoms with Gasteiger partial charge in [-0.3, -0.25) is 4.79 Å².